The van der Waals surface area contributed by atoms with Gasteiger partial charge in [-0.15, -0.1) is 5.10 Å². The number of ether oxygens (including phenoxy) is 1. The molecule has 2 heterocycles. The quantitative estimate of drug-likeness (QED) is 0.439. The van der Waals surface area contributed by atoms with Crippen LogP contribution in [0.25, 0.3) is 32.6 Å². The molecule has 0 aliphatic heterocycles. The average molecular weight is 385 g/mol. The van der Waals surface area contributed by atoms with E-state index in [9.17, 15) is 9.59 Å². The summed E-state index contributed by atoms with van der Waals surface area (Å²) in [5, 5.41) is 11.0. The second kappa shape index (κ2) is 6.56. The molecule has 0 saturated heterocycles. The highest BCUT2D eigenvalue weighted by Crippen LogP contribution is 2.32. The molecule has 0 amide bonds. The van der Waals surface area contributed by atoms with Gasteiger partial charge in [-0.25, -0.2) is 4.79 Å². The Kier molecular flexibility index (Phi) is 3.87. The summed E-state index contributed by atoms with van der Waals surface area (Å²) >= 11 is 0. The van der Waals surface area contributed by atoms with Crippen molar-refractivity contribution in [2.45, 2.75) is 13.7 Å². The number of carbonyl (C=O) groups excluding carboxylic acids is 1. The van der Waals surface area contributed by atoms with Crippen LogP contribution < -0.4 is 5.56 Å². The van der Waals surface area contributed by atoms with Crippen LogP contribution in [0.5, 0.6) is 0 Å². The third kappa shape index (κ3) is 2.75. The van der Waals surface area contributed by atoms with Crippen LogP contribution in [0.4, 0.5) is 0 Å². The first kappa shape index (κ1) is 17.1. The van der Waals surface area contributed by atoms with Gasteiger partial charge >= 0.3 is 5.97 Å². The Hall–Kier alpha value is -4.00. The molecule has 2 aromatic heterocycles. The molecule has 5 aromatic rings. The molecule has 7 nitrogen and oxygen atoms in total. The highest BCUT2D eigenvalue weighted by Gasteiger charge is 2.21. The van der Waals surface area contributed by atoms with Crippen LogP contribution >= 0.6 is 0 Å². The largest absolute Gasteiger partial charge is 0.448 e. The zero-order valence-electron chi connectivity index (χ0n) is 15.5. The fraction of sp³-hybridized carbons (Fsp3) is 0.0909. The average Bonchev–Trinajstić information content (AvgIpc) is 3.10. The Balaban J connectivity index is 1.48. The van der Waals surface area contributed by atoms with E-state index in [0.29, 0.717) is 22.0 Å². The molecule has 7 heteroatoms. The number of benzene rings is 3. The maximum atomic E-state index is 12.6. The number of carbonyl (C=O) groups is 1. The molecule has 0 saturated carbocycles. The molecule has 0 spiro atoms. The van der Waals surface area contributed by atoms with Gasteiger partial charge in [-0.05, 0) is 24.4 Å². The van der Waals surface area contributed by atoms with E-state index in [1.54, 1.807) is 31.2 Å². The van der Waals surface area contributed by atoms with Crippen molar-refractivity contribution in [1.29, 1.82) is 0 Å². The highest BCUT2D eigenvalue weighted by molar-refractivity contribution is 6.08. The van der Waals surface area contributed by atoms with Crippen molar-refractivity contribution < 1.29 is 13.9 Å². The first-order chi connectivity index (χ1) is 14.1. The Morgan fingerprint density at radius 2 is 1.76 bits per heavy atom. The molecule has 0 bridgehead atoms. The van der Waals surface area contributed by atoms with Gasteiger partial charge in [0.2, 0.25) is 5.76 Å². The van der Waals surface area contributed by atoms with E-state index in [1.165, 1.54) is 0 Å². The molecular formula is C22H15N3O4. The molecule has 142 valence electrons. The van der Waals surface area contributed by atoms with Crippen molar-refractivity contribution >= 4 is 38.6 Å². The molecule has 0 fully saturated rings. The van der Waals surface area contributed by atoms with Gasteiger partial charge < -0.3 is 9.15 Å². The van der Waals surface area contributed by atoms with Crippen molar-refractivity contribution in [1.82, 2.24) is 15.0 Å². The fourth-order valence-corrected chi connectivity index (χ4v) is 3.44. The second-order valence-electron chi connectivity index (χ2n) is 6.69. The second-order valence-corrected chi connectivity index (χ2v) is 6.69. The van der Waals surface area contributed by atoms with Crippen LogP contribution in [0, 0.1) is 6.92 Å². The number of hydrogen-bond donors (Lipinski definition) is 0. The standard InChI is InChI=1S/C22H15N3O4/c1-13-15-11-10-14-6-2-3-7-16(14)20(15)29-19(13)22(27)28-12-25-21(26)17-8-4-5-9-18(17)23-24-25/h2-11H,12H2,1H3. The lowest BCUT2D eigenvalue weighted by atomic mass is 10.1. The van der Waals surface area contributed by atoms with E-state index in [2.05, 4.69) is 10.3 Å². The topological polar surface area (TPSA) is 87.2 Å². The SMILES string of the molecule is Cc1c(C(=O)OCn2nnc3ccccc3c2=O)oc2c1ccc1ccccc12. The lowest BCUT2D eigenvalue weighted by Crippen LogP contribution is -2.26. The maximum Gasteiger partial charge on any atom is 0.376 e. The normalized spacial score (nSPS) is 11.3. The van der Waals surface area contributed by atoms with E-state index in [1.807, 2.05) is 36.4 Å². The lowest BCUT2D eigenvalue weighted by molar-refractivity contribution is 0.0302. The van der Waals surface area contributed by atoms with Gasteiger partial charge in [0, 0.05) is 16.3 Å². The number of rotatable bonds is 3. The number of nitrogens with zero attached hydrogens (tertiary/aromatic N) is 3. The summed E-state index contributed by atoms with van der Waals surface area (Å²) in [6, 6.07) is 18.6. The van der Waals surface area contributed by atoms with E-state index in [0.717, 1.165) is 20.8 Å². The van der Waals surface area contributed by atoms with Gasteiger partial charge in [0.15, 0.2) is 6.73 Å². The van der Waals surface area contributed by atoms with E-state index in [4.69, 9.17) is 9.15 Å². The number of furan rings is 1. The monoisotopic (exact) mass is 385 g/mol. The summed E-state index contributed by atoms with van der Waals surface area (Å²) in [6.07, 6.45) is 0. The number of aryl methyl sites for hydroxylation is 1. The van der Waals surface area contributed by atoms with Crippen molar-refractivity contribution in [2.24, 2.45) is 0 Å². The summed E-state index contributed by atoms with van der Waals surface area (Å²) in [4.78, 5) is 25.1. The van der Waals surface area contributed by atoms with Gasteiger partial charge in [-0.3, -0.25) is 4.79 Å². The van der Waals surface area contributed by atoms with Crippen LogP contribution in [0.1, 0.15) is 16.1 Å². The molecule has 0 N–H and O–H groups in total. The number of esters is 1. The molecule has 3 aromatic carbocycles. The van der Waals surface area contributed by atoms with Crippen LogP contribution in [0.15, 0.2) is 69.9 Å². The van der Waals surface area contributed by atoms with Crippen molar-refractivity contribution in [3.63, 3.8) is 0 Å². The van der Waals surface area contributed by atoms with Gasteiger partial charge in [-0.1, -0.05) is 53.7 Å². The van der Waals surface area contributed by atoms with E-state index in [-0.39, 0.29) is 18.1 Å². The fourth-order valence-electron chi connectivity index (χ4n) is 3.44. The molecule has 0 aliphatic rings. The van der Waals surface area contributed by atoms with Crippen molar-refractivity contribution in [2.75, 3.05) is 0 Å². The van der Waals surface area contributed by atoms with Gasteiger partial charge in [0.05, 0.1) is 5.39 Å². The number of fused-ring (bicyclic) bond motifs is 4. The zero-order chi connectivity index (χ0) is 20.0. The first-order valence-corrected chi connectivity index (χ1v) is 9.04. The predicted molar refractivity (Wildman–Crippen MR) is 108 cm³/mol. The Bertz CT molecular complexity index is 1470. The van der Waals surface area contributed by atoms with Gasteiger partial charge in [-0.2, -0.15) is 4.68 Å². The van der Waals surface area contributed by atoms with Crippen LogP contribution in [0.2, 0.25) is 0 Å². The minimum atomic E-state index is -0.662. The summed E-state index contributed by atoms with van der Waals surface area (Å²) in [6.45, 7) is 1.45. The molecule has 5 rings (SSSR count). The summed E-state index contributed by atoms with van der Waals surface area (Å²) in [5.41, 5.74) is 1.43. The molecule has 0 unspecified atom stereocenters. The molecule has 29 heavy (non-hydrogen) atoms. The van der Waals surface area contributed by atoms with Gasteiger partial charge in [0.25, 0.3) is 5.56 Å². The Morgan fingerprint density at radius 3 is 2.62 bits per heavy atom. The van der Waals surface area contributed by atoms with Crippen molar-refractivity contribution in [3.05, 3.63) is 82.3 Å². The minimum absolute atomic E-state index is 0.109. The highest BCUT2D eigenvalue weighted by atomic mass is 16.6. The summed E-state index contributed by atoms with van der Waals surface area (Å²) in [7, 11) is 0. The van der Waals surface area contributed by atoms with Gasteiger partial charge in [0.1, 0.15) is 11.1 Å². The molecular weight excluding hydrogens is 370 g/mol. The predicted octanol–water partition coefficient (Wildman–Crippen LogP) is 3.81. The summed E-state index contributed by atoms with van der Waals surface area (Å²) in [5.74, 6) is -0.553. The van der Waals surface area contributed by atoms with Crippen LogP contribution in [0.3, 0.4) is 0 Å². The minimum Gasteiger partial charge on any atom is -0.448 e. The smallest absolute Gasteiger partial charge is 0.376 e. The zero-order valence-corrected chi connectivity index (χ0v) is 15.5. The van der Waals surface area contributed by atoms with Crippen molar-refractivity contribution in [3.8, 4) is 0 Å². The van der Waals surface area contributed by atoms with Crippen LogP contribution in [-0.4, -0.2) is 21.0 Å². The summed E-state index contributed by atoms with van der Waals surface area (Å²) < 4.78 is 12.2. The van der Waals surface area contributed by atoms with Crippen LogP contribution in [-0.2, 0) is 11.5 Å². The molecule has 0 radical (unpaired) electrons. The first-order valence-electron chi connectivity index (χ1n) is 9.04. The number of hydrogen-bond acceptors (Lipinski definition) is 6. The molecule has 0 aliphatic carbocycles. The lowest BCUT2D eigenvalue weighted by Gasteiger charge is -2.05. The Morgan fingerprint density at radius 1 is 1.00 bits per heavy atom. The third-order valence-electron chi connectivity index (χ3n) is 4.96. The maximum absolute atomic E-state index is 12.6. The van der Waals surface area contributed by atoms with E-state index >= 15 is 0 Å². The third-order valence-corrected chi connectivity index (χ3v) is 4.96. The Labute approximate surface area is 164 Å². The number of aromatic nitrogens is 3. The van der Waals surface area contributed by atoms with E-state index < -0.39 is 5.97 Å². The molecule has 0 atom stereocenters.